The van der Waals surface area contributed by atoms with E-state index in [1.807, 2.05) is 68.5 Å². The Balaban J connectivity index is 1.86. The minimum absolute atomic E-state index is 0.0352. The van der Waals surface area contributed by atoms with Crippen molar-refractivity contribution in [2.24, 2.45) is 0 Å². The van der Waals surface area contributed by atoms with Crippen LogP contribution in [0.25, 0.3) is 0 Å². The largest absolute Gasteiger partial charge is 0.497 e. The standard InChI is InChI=1S/C21H26O3/c1-4-8-21(24-16-18-9-6-5-7-10-18)17(2)23-15-19-11-13-20(22-3)14-12-19/h4-14,17,21H,15-16H2,1-3H3/b8-4+/t17-,21+/m0/s1. The number of hydrogen-bond acceptors (Lipinski definition) is 3. The van der Waals surface area contributed by atoms with Gasteiger partial charge in [0.1, 0.15) is 11.9 Å². The maximum atomic E-state index is 6.02. The van der Waals surface area contributed by atoms with E-state index < -0.39 is 0 Å². The smallest absolute Gasteiger partial charge is 0.118 e. The highest BCUT2D eigenvalue weighted by Gasteiger charge is 2.16. The zero-order valence-electron chi connectivity index (χ0n) is 14.6. The van der Waals surface area contributed by atoms with Gasteiger partial charge in [-0.05, 0) is 37.1 Å². The lowest BCUT2D eigenvalue weighted by Gasteiger charge is -2.22. The molecule has 0 aliphatic carbocycles. The van der Waals surface area contributed by atoms with Crippen LogP contribution < -0.4 is 4.74 Å². The summed E-state index contributed by atoms with van der Waals surface area (Å²) in [6, 6.07) is 18.1. The fourth-order valence-corrected chi connectivity index (χ4v) is 2.35. The molecule has 0 bridgehead atoms. The zero-order valence-corrected chi connectivity index (χ0v) is 14.6. The second kappa shape index (κ2) is 9.91. The van der Waals surface area contributed by atoms with Gasteiger partial charge in [-0.15, -0.1) is 0 Å². The molecule has 24 heavy (non-hydrogen) atoms. The Morgan fingerprint density at radius 3 is 2.12 bits per heavy atom. The Morgan fingerprint density at radius 1 is 0.875 bits per heavy atom. The third-order valence-electron chi connectivity index (χ3n) is 3.80. The van der Waals surface area contributed by atoms with Gasteiger partial charge in [0.05, 0.1) is 26.4 Å². The Morgan fingerprint density at radius 2 is 1.50 bits per heavy atom. The second-order valence-corrected chi connectivity index (χ2v) is 5.65. The lowest BCUT2D eigenvalue weighted by atomic mass is 10.2. The first kappa shape index (κ1) is 18.2. The van der Waals surface area contributed by atoms with Gasteiger partial charge >= 0.3 is 0 Å². The predicted octanol–water partition coefficient (Wildman–Crippen LogP) is 4.76. The van der Waals surface area contributed by atoms with Crippen LogP contribution in [0, 0.1) is 0 Å². The third kappa shape index (κ3) is 5.84. The quantitative estimate of drug-likeness (QED) is 0.622. The van der Waals surface area contributed by atoms with Crippen LogP contribution in [-0.4, -0.2) is 19.3 Å². The van der Waals surface area contributed by atoms with Crippen molar-refractivity contribution in [2.75, 3.05) is 7.11 Å². The summed E-state index contributed by atoms with van der Waals surface area (Å²) in [4.78, 5) is 0. The van der Waals surface area contributed by atoms with Crippen molar-refractivity contribution in [1.29, 1.82) is 0 Å². The first-order chi connectivity index (χ1) is 11.7. The van der Waals surface area contributed by atoms with Crippen molar-refractivity contribution in [3.63, 3.8) is 0 Å². The minimum Gasteiger partial charge on any atom is -0.497 e. The van der Waals surface area contributed by atoms with Crippen LogP contribution in [0.3, 0.4) is 0 Å². The minimum atomic E-state index is -0.0755. The Labute approximate surface area is 144 Å². The molecule has 2 rings (SSSR count). The van der Waals surface area contributed by atoms with E-state index in [1.165, 1.54) is 0 Å². The van der Waals surface area contributed by atoms with Crippen LogP contribution in [0.2, 0.25) is 0 Å². The van der Waals surface area contributed by atoms with E-state index in [2.05, 4.69) is 12.1 Å². The molecule has 0 spiro atoms. The molecule has 0 heterocycles. The molecule has 2 aromatic rings. The maximum Gasteiger partial charge on any atom is 0.118 e. The van der Waals surface area contributed by atoms with Crippen molar-refractivity contribution >= 4 is 0 Å². The van der Waals surface area contributed by atoms with Gasteiger partial charge in [0, 0.05) is 0 Å². The first-order valence-corrected chi connectivity index (χ1v) is 8.25. The van der Waals surface area contributed by atoms with E-state index in [4.69, 9.17) is 14.2 Å². The van der Waals surface area contributed by atoms with E-state index in [0.29, 0.717) is 13.2 Å². The van der Waals surface area contributed by atoms with Crippen LogP contribution in [0.15, 0.2) is 66.7 Å². The highest BCUT2D eigenvalue weighted by Crippen LogP contribution is 2.15. The van der Waals surface area contributed by atoms with Gasteiger partial charge in [0.25, 0.3) is 0 Å². The topological polar surface area (TPSA) is 27.7 Å². The number of hydrogen-bond donors (Lipinski definition) is 0. The highest BCUT2D eigenvalue weighted by molar-refractivity contribution is 5.26. The number of rotatable bonds is 9. The molecule has 0 N–H and O–H groups in total. The molecule has 0 saturated carbocycles. The Bertz CT molecular complexity index is 605. The Kier molecular flexibility index (Phi) is 7.53. The molecule has 0 unspecified atom stereocenters. The molecule has 0 aliphatic rings. The Hall–Kier alpha value is -2.10. The van der Waals surface area contributed by atoms with Gasteiger partial charge in [0.2, 0.25) is 0 Å². The van der Waals surface area contributed by atoms with Gasteiger partial charge < -0.3 is 14.2 Å². The van der Waals surface area contributed by atoms with E-state index in [9.17, 15) is 0 Å². The monoisotopic (exact) mass is 326 g/mol. The summed E-state index contributed by atoms with van der Waals surface area (Å²) in [5, 5.41) is 0. The van der Waals surface area contributed by atoms with Crippen LogP contribution in [0.5, 0.6) is 5.75 Å². The normalized spacial score (nSPS) is 13.8. The molecule has 2 aromatic carbocycles. The average Bonchev–Trinajstić information content (AvgIpc) is 2.64. The zero-order chi connectivity index (χ0) is 17.2. The van der Waals surface area contributed by atoms with Gasteiger partial charge in [-0.2, -0.15) is 0 Å². The SMILES string of the molecule is C/C=C/[C@@H](OCc1ccccc1)[C@H](C)OCc1ccc(OC)cc1. The lowest BCUT2D eigenvalue weighted by molar-refractivity contribution is -0.0556. The molecule has 2 atom stereocenters. The van der Waals surface area contributed by atoms with E-state index >= 15 is 0 Å². The van der Waals surface area contributed by atoms with Crippen molar-refractivity contribution < 1.29 is 14.2 Å². The summed E-state index contributed by atoms with van der Waals surface area (Å²) >= 11 is 0. The van der Waals surface area contributed by atoms with Gasteiger partial charge in [-0.1, -0.05) is 54.6 Å². The van der Waals surface area contributed by atoms with Gasteiger partial charge in [0.15, 0.2) is 0 Å². The molecule has 0 radical (unpaired) electrons. The summed E-state index contributed by atoms with van der Waals surface area (Å²) in [6.45, 7) is 5.16. The molecule has 128 valence electrons. The molecule has 3 nitrogen and oxygen atoms in total. The molecule has 3 heteroatoms. The molecule has 0 saturated heterocycles. The summed E-state index contributed by atoms with van der Waals surface area (Å²) < 4.78 is 17.2. The van der Waals surface area contributed by atoms with Gasteiger partial charge in [-0.3, -0.25) is 0 Å². The van der Waals surface area contributed by atoms with Crippen LogP contribution in [-0.2, 0) is 22.7 Å². The van der Waals surface area contributed by atoms with Crippen molar-refractivity contribution in [2.45, 2.75) is 39.3 Å². The molecular weight excluding hydrogens is 300 g/mol. The van der Waals surface area contributed by atoms with E-state index in [1.54, 1.807) is 7.11 Å². The van der Waals surface area contributed by atoms with E-state index in [0.717, 1.165) is 16.9 Å². The fraction of sp³-hybridized carbons (Fsp3) is 0.333. The maximum absolute atomic E-state index is 6.02. The molecule has 0 amide bonds. The van der Waals surface area contributed by atoms with Gasteiger partial charge in [-0.25, -0.2) is 0 Å². The third-order valence-corrected chi connectivity index (χ3v) is 3.80. The fourth-order valence-electron chi connectivity index (χ4n) is 2.35. The number of methoxy groups -OCH3 is 1. The molecule has 0 fully saturated rings. The first-order valence-electron chi connectivity index (χ1n) is 8.25. The van der Waals surface area contributed by atoms with Crippen LogP contribution in [0.1, 0.15) is 25.0 Å². The lowest BCUT2D eigenvalue weighted by Crippen LogP contribution is -2.27. The van der Waals surface area contributed by atoms with E-state index in [-0.39, 0.29) is 12.2 Å². The number of benzene rings is 2. The summed E-state index contributed by atoms with van der Waals surface area (Å²) in [5.74, 6) is 0.852. The summed E-state index contributed by atoms with van der Waals surface area (Å²) in [5.41, 5.74) is 2.28. The molecule has 0 aromatic heterocycles. The summed E-state index contributed by atoms with van der Waals surface area (Å²) in [7, 11) is 1.67. The molecular formula is C21H26O3. The molecule has 0 aliphatic heterocycles. The van der Waals surface area contributed by atoms with Crippen LogP contribution in [0.4, 0.5) is 0 Å². The predicted molar refractivity (Wildman–Crippen MR) is 97.1 cm³/mol. The number of allylic oxidation sites excluding steroid dienone is 1. The number of ether oxygens (including phenoxy) is 3. The summed E-state index contributed by atoms with van der Waals surface area (Å²) in [6.07, 6.45) is 3.94. The average molecular weight is 326 g/mol. The highest BCUT2D eigenvalue weighted by atomic mass is 16.5. The second-order valence-electron chi connectivity index (χ2n) is 5.65. The van der Waals surface area contributed by atoms with Crippen molar-refractivity contribution in [3.05, 3.63) is 77.9 Å². The van der Waals surface area contributed by atoms with Crippen molar-refractivity contribution in [3.8, 4) is 5.75 Å². The van der Waals surface area contributed by atoms with Crippen LogP contribution >= 0.6 is 0 Å². The van der Waals surface area contributed by atoms with Crippen molar-refractivity contribution in [1.82, 2.24) is 0 Å².